The lowest BCUT2D eigenvalue weighted by Crippen LogP contribution is -2.23. The molecule has 0 radical (unpaired) electrons. The maximum absolute atomic E-state index is 11.7. The fraction of sp³-hybridized carbons (Fsp3) is 0.200. The molecule has 0 saturated carbocycles. The van der Waals surface area contributed by atoms with Crippen molar-refractivity contribution in [2.75, 3.05) is 17.2 Å². The number of hydrogen-bond donors (Lipinski definition) is 1. The van der Waals surface area contributed by atoms with Crippen LogP contribution < -0.4 is 10.6 Å². The van der Waals surface area contributed by atoms with Gasteiger partial charge in [0.05, 0.1) is 0 Å². The van der Waals surface area contributed by atoms with Crippen molar-refractivity contribution in [3.63, 3.8) is 0 Å². The number of nitrogens with two attached hydrogens (primary N) is 1. The summed E-state index contributed by atoms with van der Waals surface area (Å²) in [4.78, 5) is 17.6. The zero-order valence-corrected chi connectivity index (χ0v) is 10.5. The smallest absolute Gasteiger partial charge is 0.227 e. The Labute approximate surface area is 111 Å². The third-order valence-corrected chi connectivity index (χ3v) is 3.37. The van der Waals surface area contributed by atoms with Gasteiger partial charge in [-0.1, -0.05) is 12.1 Å². The number of nitrogens with zero attached hydrogens (tertiary/aromatic N) is 2. The van der Waals surface area contributed by atoms with Gasteiger partial charge in [0.2, 0.25) is 5.91 Å². The first kappa shape index (κ1) is 11.7. The Hall–Kier alpha value is -2.36. The van der Waals surface area contributed by atoms with Crippen molar-refractivity contribution >= 4 is 17.4 Å². The van der Waals surface area contributed by atoms with E-state index in [1.54, 1.807) is 12.3 Å². The van der Waals surface area contributed by atoms with Crippen LogP contribution in [0.2, 0.25) is 0 Å². The molecule has 1 aliphatic heterocycles. The molecule has 3 rings (SSSR count). The van der Waals surface area contributed by atoms with Gasteiger partial charge in [-0.25, -0.2) is 4.98 Å². The minimum Gasteiger partial charge on any atom is -0.384 e. The molecule has 0 spiro atoms. The van der Waals surface area contributed by atoms with Crippen LogP contribution in [0.15, 0.2) is 42.6 Å². The number of anilines is 2. The number of amides is 1. The fourth-order valence-corrected chi connectivity index (χ4v) is 2.33. The molecule has 0 atom stereocenters. The van der Waals surface area contributed by atoms with Crippen LogP contribution in [0, 0.1) is 0 Å². The Morgan fingerprint density at radius 3 is 2.37 bits per heavy atom. The normalized spacial score (nSPS) is 14.9. The molecular formula is C15H15N3O. The van der Waals surface area contributed by atoms with Crippen LogP contribution in [0.25, 0.3) is 11.1 Å². The molecule has 19 heavy (non-hydrogen) atoms. The second-order valence-corrected chi connectivity index (χ2v) is 4.67. The lowest BCUT2D eigenvalue weighted by molar-refractivity contribution is -0.117. The molecule has 2 N–H and O–H groups in total. The van der Waals surface area contributed by atoms with Gasteiger partial charge in [-0.2, -0.15) is 0 Å². The van der Waals surface area contributed by atoms with E-state index in [2.05, 4.69) is 4.98 Å². The lowest BCUT2D eigenvalue weighted by Gasteiger charge is -2.15. The molecule has 4 nitrogen and oxygen atoms in total. The van der Waals surface area contributed by atoms with Gasteiger partial charge in [0.25, 0.3) is 0 Å². The largest absolute Gasteiger partial charge is 0.384 e. The summed E-state index contributed by atoms with van der Waals surface area (Å²) in [5.74, 6) is 0.727. The van der Waals surface area contributed by atoms with Crippen LogP contribution in [0.1, 0.15) is 12.8 Å². The van der Waals surface area contributed by atoms with Crippen molar-refractivity contribution in [2.45, 2.75) is 12.8 Å². The first-order chi connectivity index (χ1) is 9.24. The molecule has 1 saturated heterocycles. The van der Waals surface area contributed by atoms with Gasteiger partial charge in [0.1, 0.15) is 5.82 Å². The van der Waals surface area contributed by atoms with E-state index < -0.39 is 0 Å². The Morgan fingerprint density at radius 2 is 1.79 bits per heavy atom. The Morgan fingerprint density at radius 1 is 1.05 bits per heavy atom. The predicted octanol–water partition coefficient (Wildman–Crippen LogP) is 2.46. The molecule has 0 unspecified atom stereocenters. The molecule has 1 aromatic heterocycles. The fourth-order valence-electron chi connectivity index (χ4n) is 2.33. The summed E-state index contributed by atoms with van der Waals surface area (Å²) in [7, 11) is 0. The van der Waals surface area contributed by atoms with Gasteiger partial charge in [0, 0.05) is 30.4 Å². The molecule has 1 aromatic carbocycles. The maximum atomic E-state index is 11.7. The molecule has 1 aliphatic rings. The Balaban J connectivity index is 1.86. The SMILES string of the molecule is Nc1ccc(-c2ccc(N3CCCC3=O)cc2)cn1. The van der Waals surface area contributed by atoms with Crippen LogP contribution >= 0.6 is 0 Å². The number of aromatic nitrogens is 1. The predicted molar refractivity (Wildman–Crippen MR) is 75.7 cm³/mol. The third kappa shape index (κ3) is 2.29. The van der Waals surface area contributed by atoms with Gasteiger partial charge < -0.3 is 10.6 Å². The van der Waals surface area contributed by atoms with Crippen molar-refractivity contribution in [1.29, 1.82) is 0 Å². The summed E-state index contributed by atoms with van der Waals surface area (Å²) in [5.41, 5.74) is 8.63. The monoisotopic (exact) mass is 253 g/mol. The molecule has 2 heterocycles. The quantitative estimate of drug-likeness (QED) is 0.894. The minimum atomic E-state index is 0.210. The molecular weight excluding hydrogens is 238 g/mol. The highest BCUT2D eigenvalue weighted by Gasteiger charge is 2.21. The van der Waals surface area contributed by atoms with E-state index in [1.165, 1.54) is 0 Å². The van der Waals surface area contributed by atoms with Crippen LogP contribution in [0.4, 0.5) is 11.5 Å². The van der Waals surface area contributed by atoms with Gasteiger partial charge in [-0.3, -0.25) is 4.79 Å². The number of carbonyl (C=O) groups excluding carboxylic acids is 1. The van der Waals surface area contributed by atoms with Crippen molar-refractivity contribution < 1.29 is 4.79 Å². The molecule has 96 valence electrons. The Kier molecular flexibility index (Phi) is 2.91. The maximum Gasteiger partial charge on any atom is 0.227 e. The summed E-state index contributed by atoms with van der Waals surface area (Å²) in [6.07, 6.45) is 3.36. The summed E-state index contributed by atoms with van der Waals surface area (Å²) in [5, 5.41) is 0. The van der Waals surface area contributed by atoms with Gasteiger partial charge in [0.15, 0.2) is 0 Å². The zero-order chi connectivity index (χ0) is 13.2. The van der Waals surface area contributed by atoms with Gasteiger partial charge >= 0.3 is 0 Å². The van der Waals surface area contributed by atoms with Crippen molar-refractivity contribution in [3.05, 3.63) is 42.6 Å². The van der Waals surface area contributed by atoms with Crippen LogP contribution in [0.3, 0.4) is 0 Å². The molecule has 2 aromatic rings. The van der Waals surface area contributed by atoms with E-state index in [0.29, 0.717) is 12.2 Å². The second-order valence-electron chi connectivity index (χ2n) is 4.67. The van der Waals surface area contributed by atoms with Crippen LogP contribution in [-0.4, -0.2) is 17.4 Å². The highest BCUT2D eigenvalue weighted by Crippen LogP contribution is 2.25. The zero-order valence-electron chi connectivity index (χ0n) is 10.5. The van der Waals surface area contributed by atoms with Crippen LogP contribution in [-0.2, 0) is 4.79 Å². The molecule has 1 fully saturated rings. The molecule has 0 bridgehead atoms. The van der Waals surface area contributed by atoms with E-state index in [0.717, 1.165) is 29.8 Å². The molecule has 1 amide bonds. The van der Waals surface area contributed by atoms with E-state index in [9.17, 15) is 4.79 Å². The summed E-state index contributed by atoms with van der Waals surface area (Å²) >= 11 is 0. The summed E-state index contributed by atoms with van der Waals surface area (Å²) in [6, 6.07) is 11.7. The average Bonchev–Trinajstić information content (AvgIpc) is 2.86. The van der Waals surface area contributed by atoms with E-state index in [-0.39, 0.29) is 5.91 Å². The first-order valence-corrected chi connectivity index (χ1v) is 6.36. The van der Waals surface area contributed by atoms with Crippen molar-refractivity contribution in [1.82, 2.24) is 4.98 Å². The number of benzene rings is 1. The van der Waals surface area contributed by atoms with E-state index >= 15 is 0 Å². The number of pyridine rings is 1. The van der Waals surface area contributed by atoms with Crippen molar-refractivity contribution in [3.8, 4) is 11.1 Å². The average molecular weight is 253 g/mol. The third-order valence-electron chi connectivity index (χ3n) is 3.37. The summed E-state index contributed by atoms with van der Waals surface area (Å²) < 4.78 is 0. The number of hydrogen-bond acceptors (Lipinski definition) is 3. The minimum absolute atomic E-state index is 0.210. The second kappa shape index (κ2) is 4.72. The van der Waals surface area contributed by atoms with Crippen molar-refractivity contribution in [2.24, 2.45) is 0 Å². The number of carbonyl (C=O) groups is 1. The Bertz CT molecular complexity index is 590. The van der Waals surface area contributed by atoms with Gasteiger partial charge in [-0.15, -0.1) is 0 Å². The highest BCUT2D eigenvalue weighted by molar-refractivity contribution is 5.95. The van der Waals surface area contributed by atoms with E-state index in [4.69, 9.17) is 5.73 Å². The number of rotatable bonds is 2. The lowest BCUT2D eigenvalue weighted by atomic mass is 10.1. The number of nitrogen functional groups attached to an aromatic ring is 1. The topological polar surface area (TPSA) is 59.2 Å². The summed E-state index contributed by atoms with van der Waals surface area (Å²) in [6.45, 7) is 0.821. The standard InChI is InChI=1S/C15H15N3O/c16-14-8-5-12(10-17-14)11-3-6-13(7-4-11)18-9-1-2-15(18)19/h3-8,10H,1-2,9H2,(H2,16,17). The first-order valence-electron chi connectivity index (χ1n) is 6.36. The van der Waals surface area contributed by atoms with E-state index in [1.807, 2.05) is 35.2 Å². The molecule has 0 aliphatic carbocycles. The molecule has 4 heteroatoms. The highest BCUT2D eigenvalue weighted by atomic mass is 16.2. The van der Waals surface area contributed by atoms with Gasteiger partial charge in [-0.05, 0) is 36.2 Å². The van der Waals surface area contributed by atoms with Crippen LogP contribution in [0.5, 0.6) is 0 Å².